The zero-order valence-electron chi connectivity index (χ0n) is 27.1. The van der Waals surface area contributed by atoms with Gasteiger partial charge in [0, 0.05) is 71.7 Å². The van der Waals surface area contributed by atoms with E-state index in [0.29, 0.717) is 22.3 Å². The van der Waals surface area contributed by atoms with E-state index in [-0.39, 0.29) is 16.9 Å². The molecular formula is C40H31N5OS. The second-order valence-corrected chi connectivity index (χ2v) is 13.8. The monoisotopic (exact) mass is 629 g/mol. The second kappa shape index (κ2) is 11.0. The summed E-state index contributed by atoms with van der Waals surface area (Å²) in [5.41, 5.74) is 12.2. The Morgan fingerprint density at radius 3 is 2.00 bits per heavy atom. The molecule has 0 spiro atoms. The minimum atomic E-state index is -0.302. The Bertz CT molecular complexity index is 2220. The molecule has 0 aliphatic heterocycles. The number of allylic oxidation sites excluding steroid dienone is 3. The highest BCUT2D eigenvalue weighted by Gasteiger charge is 2.39. The summed E-state index contributed by atoms with van der Waals surface area (Å²) in [7, 11) is 0. The molecule has 2 aliphatic carbocycles. The fraction of sp³-hybridized carbons (Fsp3) is 0.175. The van der Waals surface area contributed by atoms with Crippen LogP contribution in [0.25, 0.3) is 26.9 Å². The number of carbonyl (C=O) groups excluding carboxylic acids is 1. The molecule has 0 saturated carbocycles. The quantitative estimate of drug-likeness (QED) is 0.112. The van der Waals surface area contributed by atoms with Gasteiger partial charge in [-0.25, -0.2) is 10.1 Å². The smallest absolute Gasteiger partial charge is 0.270 e. The number of hydrogen-bond acceptors (Lipinski definition) is 6. The Balaban J connectivity index is 1.35. The third kappa shape index (κ3) is 4.88. The Kier molecular flexibility index (Phi) is 7.04. The summed E-state index contributed by atoms with van der Waals surface area (Å²) in [6.45, 7) is 20.2. The van der Waals surface area contributed by atoms with Gasteiger partial charge in [0.15, 0.2) is 5.78 Å². The summed E-state index contributed by atoms with van der Waals surface area (Å²) in [5.74, 6) is -0.159. The Hall–Kier alpha value is -5.63. The van der Waals surface area contributed by atoms with Crippen molar-refractivity contribution in [2.75, 3.05) is 4.90 Å². The highest BCUT2D eigenvalue weighted by Crippen LogP contribution is 2.54. The lowest BCUT2D eigenvalue weighted by Crippen LogP contribution is -2.17. The van der Waals surface area contributed by atoms with Crippen molar-refractivity contribution >= 4 is 45.8 Å². The SMILES string of the molecule is [C-]#[N+]/C(C#N)=C1\C(=C\c2cc3c(s2)-c2ccc(N(c4cc(C)nc(C)c4)c4cc(C)nc(C)c4)cc2C3(C)C)C(=O)c2ccccc21. The molecule has 0 bridgehead atoms. The van der Waals surface area contributed by atoms with Crippen LogP contribution >= 0.6 is 11.3 Å². The molecule has 0 saturated heterocycles. The fourth-order valence-electron chi connectivity index (χ4n) is 6.98. The van der Waals surface area contributed by atoms with Gasteiger partial charge in [-0.1, -0.05) is 44.2 Å². The van der Waals surface area contributed by atoms with E-state index in [1.165, 1.54) is 21.6 Å². The van der Waals surface area contributed by atoms with E-state index >= 15 is 0 Å². The number of pyridine rings is 2. The zero-order valence-corrected chi connectivity index (χ0v) is 27.9. The van der Waals surface area contributed by atoms with Crippen LogP contribution in [0, 0.1) is 45.6 Å². The van der Waals surface area contributed by atoms with E-state index in [0.717, 1.165) is 44.7 Å². The van der Waals surface area contributed by atoms with Gasteiger partial charge >= 0.3 is 0 Å². The number of fused-ring (bicyclic) bond motifs is 4. The maximum absolute atomic E-state index is 13.5. The number of rotatable bonds is 4. The van der Waals surface area contributed by atoms with E-state index < -0.39 is 0 Å². The van der Waals surface area contributed by atoms with Gasteiger partial charge in [-0.2, -0.15) is 0 Å². The summed E-state index contributed by atoms with van der Waals surface area (Å²) in [4.78, 5) is 30.6. The third-order valence-corrected chi connectivity index (χ3v) is 10.1. The number of aryl methyl sites for hydroxylation is 4. The first-order chi connectivity index (χ1) is 22.5. The molecule has 2 aliphatic rings. The van der Waals surface area contributed by atoms with E-state index in [9.17, 15) is 10.1 Å². The van der Waals surface area contributed by atoms with Crippen LogP contribution in [0.1, 0.15) is 68.5 Å². The van der Waals surface area contributed by atoms with Crippen LogP contribution in [-0.4, -0.2) is 15.8 Å². The van der Waals surface area contributed by atoms with Crippen molar-refractivity contribution < 1.29 is 4.79 Å². The number of Topliss-reactive ketones (excluding diaryl/α,β-unsaturated/α-hetero) is 1. The largest absolute Gasteiger partial charge is 0.310 e. The van der Waals surface area contributed by atoms with Crippen molar-refractivity contribution in [1.29, 1.82) is 5.26 Å². The van der Waals surface area contributed by atoms with Gasteiger partial charge in [-0.3, -0.25) is 14.8 Å². The van der Waals surface area contributed by atoms with Crippen LogP contribution in [0.5, 0.6) is 0 Å². The van der Waals surface area contributed by atoms with Crippen LogP contribution in [0.2, 0.25) is 0 Å². The molecule has 0 radical (unpaired) electrons. The lowest BCUT2D eigenvalue weighted by molar-refractivity contribution is 0.104. The first-order valence-electron chi connectivity index (χ1n) is 15.4. The highest BCUT2D eigenvalue weighted by atomic mass is 32.1. The minimum Gasteiger partial charge on any atom is -0.310 e. The first kappa shape index (κ1) is 30.0. The molecule has 0 N–H and O–H groups in total. The number of thiophene rings is 1. The predicted molar refractivity (Wildman–Crippen MR) is 189 cm³/mol. The van der Waals surface area contributed by atoms with Crippen LogP contribution in [0.15, 0.2) is 84.1 Å². The molecule has 0 fully saturated rings. The van der Waals surface area contributed by atoms with Gasteiger partial charge in [-0.15, -0.1) is 11.3 Å². The number of carbonyl (C=O) groups is 1. The van der Waals surface area contributed by atoms with Crippen LogP contribution in [0.4, 0.5) is 17.1 Å². The van der Waals surface area contributed by atoms with Crippen molar-refractivity contribution in [3.05, 3.63) is 145 Å². The van der Waals surface area contributed by atoms with Gasteiger partial charge in [0.05, 0.1) is 12.6 Å². The first-order valence-corrected chi connectivity index (χ1v) is 16.2. The van der Waals surface area contributed by atoms with Crippen LogP contribution < -0.4 is 4.90 Å². The summed E-state index contributed by atoms with van der Waals surface area (Å²) < 4.78 is 0. The van der Waals surface area contributed by atoms with E-state index in [2.05, 4.69) is 82.1 Å². The van der Waals surface area contributed by atoms with Crippen molar-refractivity contribution in [3.8, 4) is 16.5 Å². The third-order valence-electron chi connectivity index (χ3n) is 8.95. The molecule has 3 aromatic heterocycles. The number of anilines is 3. The normalized spacial score (nSPS) is 15.9. The number of benzene rings is 2. The number of aromatic nitrogens is 2. The van der Waals surface area contributed by atoms with Gasteiger partial charge < -0.3 is 4.90 Å². The number of ketones is 1. The standard InChI is InChI=1S/C40H31N5OS/c1-22-14-27(15-23(2)43-22)45(28-16-24(3)44-25(4)17-28)26-12-13-32-34(18-26)40(5,6)35-20-29(47-39(32)35)19-33-37(36(21-41)42-7)30-10-8-9-11-31(30)38(33)46/h8-20H,1-6H3/b33-19-,37-36-. The molecule has 0 atom stereocenters. The molecule has 5 aromatic rings. The average Bonchev–Trinajstić information content (AvgIpc) is 3.63. The summed E-state index contributed by atoms with van der Waals surface area (Å²) in [5, 5.41) is 9.75. The van der Waals surface area contributed by atoms with Crippen LogP contribution in [-0.2, 0) is 5.41 Å². The predicted octanol–water partition coefficient (Wildman–Crippen LogP) is 9.98. The topological polar surface area (TPSA) is 74.2 Å². The Labute approximate surface area is 278 Å². The Morgan fingerprint density at radius 2 is 1.43 bits per heavy atom. The van der Waals surface area contributed by atoms with E-state index in [1.54, 1.807) is 17.4 Å². The lowest BCUT2D eigenvalue weighted by atomic mass is 9.82. The molecule has 0 unspecified atom stereocenters. The maximum Gasteiger partial charge on any atom is 0.270 e. The summed E-state index contributed by atoms with van der Waals surface area (Å²) in [6, 6.07) is 26.5. The molecule has 0 amide bonds. The van der Waals surface area contributed by atoms with Crippen molar-refractivity contribution in [2.45, 2.75) is 47.0 Å². The van der Waals surface area contributed by atoms with E-state index in [1.807, 2.05) is 58.0 Å². The van der Waals surface area contributed by atoms with Crippen molar-refractivity contribution in [1.82, 2.24) is 9.97 Å². The van der Waals surface area contributed by atoms with E-state index in [4.69, 9.17) is 6.57 Å². The average molecular weight is 630 g/mol. The van der Waals surface area contributed by atoms with Crippen molar-refractivity contribution in [3.63, 3.8) is 0 Å². The lowest BCUT2D eigenvalue weighted by Gasteiger charge is -2.29. The maximum atomic E-state index is 13.5. The number of nitrogens with zero attached hydrogens (tertiary/aromatic N) is 5. The van der Waals surface area contributed by atoms with Gasteiger partial charge in [-0.05, 0) is 98.5 Å². The number of hydrogen-bond donors (Lipinski definition) is 0. The van der Waals surface area contributed by atoms with Gasteiger partial charge in [0.2, 0.25) is 0 Å². The molecular weight excluding hydrogens is 599 g/mol. The van der Waals surface area contributed by atoms with Gasteiger partial charge in [0.1, 0.15) is 0 Å². The summed E-state index contributed by atoms with van der Waals surface area (Å²) >= 11 is 1.64. The number of nitriles is 1. The van der Waals surface area contributed by atoms with Gasteiger partial charge in [0.25, 0.3) is 5.70 Å². The zero-order chi connectivity index (χ0) is 33.2. The molecule has 3 heterocycles. The van der Waals surface area contributed by atoms with Crippen LogP contribution in [0.3, 0.4) is 0 Å². The highest BCUT2D eigenvalue weighted by molar-refractivity contribution is 7.16. The Morgan fingerprint density at radius 1 is 0.830 bits per heavy atom. The molecule has 7 rings (SSSR count). The molecule has 228 valence electrons. The molecule has 2 aromatic carbocycles. The second-order valence-electron chi connectivity index (χ2n) is 12.7. The fourth-order valence-corrected chi connectivity index (χ4v) is 8.28. The molecule has 7 heteroatoms. The minimum absolute atomic E-state index is 0.0689. The summed E-state index contributed by atoms with van der Waals surface area (Å²) in [6.07, 6.45) is 1.86. The molecule has 47 heavy (non-hydrogen) atoms. The molecule has 6 nitrogen and oxygen atoms in total. The van der Waals surface area contributed by atoms with Crippen molar-refractivity contribution in [2.24, 2.45) is 0 Å².